The minimum absolute atomic E-state index is 0.0158. The molecule has 0 spiro atoms. The van der Waals surface area contributed by atoms with Crippen molar-refractivity contribution in [3.63, 3.8) is 0 Å². The fourth-order valence-corrected chi connectivity index (χ4v) is 2.98. The van der Waals surface area contributed by atoms with Crippen molar-refractivity contribution in [1.29, 1.82) is 0 Å². The summed E-state index contributed by atoms with van der Waals surface area (Å²) in [5.74, 6) is -0.704. The van der Waals surface area contributed by atoms with Gasteiger partial charge in [0.2, 0.25) is 0 Å². The largest absolute Gasteiger partial charge is 0.482 e. The highest BCUT2D eigenvalue weighted by molar-refractivity contribution is 5.95. The highest BCUT2D eigenvalue weighted by atomic mass is 19.1. The van der Waals surface area contributed by atoms with Gasteiger partial charge in [0.1, 0.15) is 17.4 Å². The lowest BCUT2D eigenvalue weighted by atomic mass is 10.00. The number of ether oxygens (including phenoxy) is 1. The lowest BCUT2D eigenvalue weighted by Crippen LogP contribution is -2.27. The molecule has 4 nitrogen and oxygen atoms in total. The molecule has 6 heteroatoms. The summed E-state index contributed by atoms with van der Waals surface area (Å²) in [6, 6.07) is 8.84. The Morgan fingerprint density at radius 1 is 1.24 bits per heavy atom. The van der Waals surface area contributed by atoms with Gasteiger partial charge in [0.15, 0.2) is 6.61 Å². The summed E-state index contributed by atoms with van der Waals surface area (Å²) in [5.41, 5.74) is 2.00. The number of rotatable bonds is 5. The number of nitrogens with one attached hydrogen (secondary N) is 2. The van der Waals surface area contributed by atoms with E-state index >= 15 is 0 Å². The van der Waals surface area contributed by atoms with Gasteiger partial charge in [-0.05, 0) is 37.1 Å². The Bertz CT molecular complexity index is 795. The second-order valence-electron chi connectivity index (χ2n) is 6.11. The summed E-state index contributed by atoms with van der Waals surface area (Å²) in [4.78, 5) is 11.5. The van der Waals surface area contributed by atoms with Gasteiger partial charge >= 0.3 is 0 Å². The first-order valence-corrected chi connectivity index (χ1v) is 8.25. The molecule has 0 saturated heterocycles. The van der Waals surface area contributed by atoms with E-state index in [1.807, 2.05) is 32.0 Å². The number of halogens is 2. The predicted molar refractivity (Wildman–Crippen MR) is 91.5 cm³/mol. The van der Waals surface area contributed by atoms with Crippen molar-refractivity contribution in [3.05, 3.63) is 59.2 Å². The highest BCUT2D eigenvalue weighted by Crippen LogP contribution is 2.32. The molecule has 0 unspecified atom stereocenters. The van der Waals surface area contributed by atoms with Crippen LogP contribution in [0.5, 0.6) is 5.75 Å². The Labute approximate surface area is 145 Å². The second kappa shape index (κ2) is 7.19. The molecule has 1 amide bonds. The van der Waals surface area contributed by atoms with Crippen molar-refractivity contribution in [2.45, 2.75) is 32.4 Å². The van der Waals surface area contributed by atoms with E-state index < -0.39 is 11.6 Å². The molecule has 0 fully saturated rings. The summed E-state index contributed by atoms with van der Waals surface area (Å²) in [6.45, 7) is 3.91. The van der Waals surface area contributed by atoms with E-state index in [1.165, 1.54) is 12.1 Å². The molecule has 0 aromatic heterocycles. The average molecular weight is 346 g/mol. The SMILES string of the molecule is CC[C@H](N[C@H](C)c1ccc2c(c1)NC(=O)CO2)c1ccc(F)cc1F. The minimum atomic E-state index is -0.588. The summed E-state index contributed by atoms with van der Waals surface area (Å²) in [5, 5.41) is 6.14. The Kier molecular flexibility index (Phi) is 4.99. The standard InChI is InChI=1S/C19H20F2N2O2/c1-3-16(14-6-5-13(20)9-15(14)21)22-11(2)12-4-7-18-17(8-12)23-19(24)10-25-18/h4-9,11,16,22H,3,10H2,1-2H3,(H,23,24)/t11-,16+/m1/s1. The fourth-order valence-electron chi connectivity index (χ4n) is 2.98. The van der Waals surface area contributed by atoms with Gasteiger partial charge in [-0.2, -0.15) is 0 Å². The van der Waals surface area contributed by atoms with Crippen LogP contribution in [-0.2, 0) is 4.79 Å². The van der Waals surface area contributed by atoms with Crippen LogP contribution in [-0.4, -0.2) is 12.5 Å². The van der Waals surface area contributed by atoms with Crippen LogP contribution in [0.15, 0.2) is 36.4 Å². The second-order valence-corrected chi connectivity index (χ2v) is 6.11. The van der Waals surface area contributed by atoms with E-state index in [1.54, 1.807) is 0 Å². The smallest absolute Gasteiger partial charge is 0.262 e. The topological polar surface area (TPSA) is 50.4 Å². The molecule has 2 N–H and O–H groups in total. The van der Waals surface area contributed by atoms with Crippen molar-refractivity contribution >= 4 is 11.6 Å². The number of fused-ring (bicyclic) bond motifs is 1. The van der Waals surface area contributed by atoms with Crippen LogP contribution in [0.25, 0.3) is 0 Å². The van der Waals surface area contributed by atoms with Gasteiger partial charge in [-0.1, -0.05) is 19.1 Å². The van der Waals surface area contributed by atoms with Crippen LogP contribution in [0, 0.1) is 11.6 Å². The minimum Gasteiger partial charge on any atom is -0.482 e. The van der Waals surface area contributed by atoms with Gasteiger partial charge in [0.05, 0.1) is 5.69 Å². The predicted octanol–water partition coefficient (Wildman–Crippen LogP) is 4.10. The van der Waals surface area contributed by atoms with Crippen molar-refractivity contribution < 1.29 is 18.3 Å². The number of carbonyl (C=O) groups is 1. The van der Waals surface area contributed by atoms with Crippen LogP contribution in [0.4, 0.5) is 14.5 Å². The Hall–Kier alpha value is -2.47. The maximum Gasteiger partial charge on any atom is 0.262 e. The van der Waals surface area contributed by atoms with Crippen LogP contribution in [0.1, 0.15) is 43.5 Å². The molecule has 2 aromatic carbocycles. The van der Waals surface area contributed by atoms with Crippen molar-refractivity contribution in [2.24, 2.45) is 0 Å². The van der Waals surface area contributed by atoms with E-state index in [4.69, 9.17) is 4.74 Å². The van der Waals surface area contributed by atoms with E-state index in [2.05, 4.69) is 10.6 Å². The van der Waals surface area contributed by atoms with Gasteiger partial charge in [-0.15, -0.1) is 0 Å². The van der Waals surface area contributed by atoms with Gasteiger partial charge in [0.25, 0.3) is 5.91 Å². The molecular formula is C19H20F2N2O2. The van der Waals surface area contributed by atoms with E-state index in [-0.39, 0.29) is 24.6 Å². The van der Waals surface area contributed by atoms with Crippen LogP contribution >= 0.6 is 0 Å². The first-order chi connectivity index (χ1) is 12.0. The van der Waals surface area contributed by atoms with Crippen molar-refractivity contribution in [3.8, 4) is 5.75 Å². The normalized spacial score (nSPS) is 15.8. The third-order valence-electron chi connectivity index (χ3n) is 4.33. The number of benzene rings is 2. The molecule has 1 aliphatic rings. The zero-order valence-corrected chi connectivity index (χ0v) is 14.1. The van der Waals surface area contributed by atoms with Crippen LogP contribution in [0.3, 0.4) is 0 Å². The third-order valence-corrected chi connectivity index (χ3v) is 4.33. The first-order valence-electron chi connectivity index (χ1n) is 8.25. The highest BCUT2D eigenvalue weighted by Gasteiger charge is 2.20. The first kappa shape index (κ1) is 17.4. The van der Waals surface area contributed by atoms with Crippen LogP contribution < -0.4 is 15.4 Å². The van der Waals surface area contributed by atoms with E-state index in [0.717, 1.165) is 11.6 Å². The number of hydrogen-bond acceptors (Lipinski definition) is 3. The number of anilines is 1. The molecule has 0 bridgehead atoms. The molecule has 1 heterocycles. The molecule has 25 heavy (non-hydrogen) atoms. The van der Waals surface area contributed by atoms with E-state index in [9.17, 15) is 13.6 Å². The monoisotopic (exact) mass is 346 g/mol. The Balaban J connectivity index is 1.79. The molecule has 2 aromatic rings. The summed E-state index contributed by atoms with van der Waals surface area (Å²) in [7, 11) is 0. The molecule has 3 rings (SSSR count). The zero-order chi connectivity index (χ0) is 18.0. The maximum atomic E-state index is 14.1. The third kappa shape index (κ3) is 3.79. The molecule has 0 saturated carbocycles. The molecule has 132 valence electrons. The van der Waals surface area contributed by atoms with Crippen molar-refractivity contribution in [2.75, 3.05) is 11.9 Å². The quantitative estimate of drug-likeness (QED) is 0.857. The lowest BCUT2D eigenvalue weighted by molar-refractivity contribution is -0.118. The Morgan fingerprint density at radius 3 is 2.76 bits per heavy atom. The van der Waals surface area contributed by atoms with Crippen LogP contribution in [0.2, 0.25) is 0 Å². The Morgan fingerprint density at radius 2 is 2.04 bits per heavy atom. The molecule has 1 aliphatic heterocycles. The molecular weight excluding hydrogens is 326 g/mol. The fraction of sp³-hybridized carbons (Fsp3) is 0.316. The number of hydrogen-bond donors (Lipinski definition) is 2. The maximum absolute atomic E-state index is 14.1. The number of amides is 1. The summed E-state index contributed by atoms with van der Waals surface area (Å²) < 4.78 is 32.5. The molecule has 2 atom stereocenters. The van der Waals surface area contributed by atoms with E-state index in [0.29, 0.717) is 23.4 Å². The molecule has 0 aliphatic carbocycles. The number of carbonyl (C=O) groups excluding carboxylic acids is 1. The average Bonchev–Trinajstić information content (AvgIpc) is 2.59. The summed E-state index contributed by atoms with van der Waals surface area (Å²) >= 11 is 0. The van der Waals surface area contributed by atoms with Gasteiger partial charge in [-0.3, -0.25) is 4.79 Å². The summed E-state index contributed by atoms with van der Waals surface area (Å²) in [6.07, 6.45) is 0.650. The zero-order valence-electron chi connectivity index (χ0n) is 14.1. The molecule has 0 radical (unpaired) electrons. The van der Waals surface area contributed by atoms with Crippen molar-refractivity contribution in [1.82, 2.24) is 5.32 Å². The lowest BCUT2D eigenvalue weighted by Gasteiger charge is -2.25. The van der Waals surface area contributed by atoms with Gasteiger partial charge in [0, 0.05) is 23.7 Å². The van der Waals surface area contributed by atoms with Gasteiger partial charge in [-0.25, -0.2) is 8.78 Å². The van der Waals surface area contributed by atoms with Gasteiger partial charge < -0.3 is 15.4 Å².